The summed E-state index contributed by atoms with van der Waals surface area (Å²) in [5.41, 5.74) is 2.15. The number of hydrogen-bond donors (Lipinski definition) is 2. The lowest BCUT2D eigenvalue weighted by Crippen LogP contribution is -2.45. The van der Waals surface area contributed by atoms with Gasteiger partial charge in [0, 0.05) is 21.6 Å². The number of hydrogen-bond acceptors (Lipinski definition) is 5. The van der Waals surface area contributed by atoms with Gasteiger partial charge in [-0.2, -0.15) is 0 Å². The number of ether oxygens (including phenoxy) is 2. The number of nitrogens with one attached hydrogen (secondary N) is 2. The molecule has 0 fully saturated rings. The number of amides is 2. The Labute approximate surface area is 197 Å². The van der Waals surface area contributed by atoms with Gasteiger partial charge in [0.25, 0.3) is 0 Å². The van der Waals surface area contributed by atoms with Crippen molar-refractivity contribution in [1.82, 2.24) is 15.6 Å². The zero-order valence-electron chi connectivity index (χ0n) is 17.2. The number of carbonyl (C=O) groups is 2. The zero-order chi connectivity index (χ0) is 22.8. The maximum absolute atomic E-state index is 12.6. The second kappa shape index (κ2) is 9.18. The van der Waals surface area contributed by atoms with Gasteiger partial charge >= 0.3 is 12.0 Å². The highest BCUT2D eigenvalue weighted by Gasteiger charge is 2.32. The summed E-state index contributed by atoms with van der Waals surface area (Å²) >= 11 is 9.65. The molecule has 2 amide bonds. The lowest BCUT2D eigenvalue weighted by atomic mass is 9.95. The predicted octanol–water partition coefficient (Wildman–Crippen LogP) is 5.63. The quantitative estimate of drug-likeness (QED) is 0.339. The maximum atomic E-state index is 12.6. The first kappa shape index (κ1) is 22.1. The van der Waals surface area contributed by atoms with Crippen molar-refractivity contribution in [3.05, 3.63) is 75.0 Å². The van der Waals surface area contributed by atoms with Crippen LogP contribution in [0.15, 0.2) is 64.3 Å². The number of benzene rings is 2. The summed E-state index contributed by atoms with van der Waals surface area (Å²) in [6, 6.07) is 13.3. The van der Waals surface area contributed by atoms with Crippen molar-refractivity contribution in [2.24, 2.45) is 0 Å². The molecular weight excluding hydrogens is 498 g/mol. The Kier molecular flexibility index (Phi) is 6.34. The molecule has 0 spiro atoms. The van der Waals surface area contributed by atoms with E-state index >= 15 is 0 Å². The van der Waals surface area contributed by atoms with E-state index in [2.05, 4.69) is 31.5 Å². The number of fused-ring (bicyclic) bond motifs is 1. The molecule has 0 saturated heterocycles. The van der Waals surface area contributed by atoms with Crippen LogP contribution in [0.5, 0.6) is 11.5 Å². The highest BCUT2D eigenvalue weighted by Crippen LogP contribution is 2.35. The third-order valence-electron chi connectivity index (χ3n) is 4.89. The van der Waals surface area contributed by atoms with Crippen molar-refractivity contribution in [3.63, 3.8) is 0 Å². The summed E-state index contributed by atoms with van der Waals surface area (Å²) in [6.07, 6.45) is 0. The van der Waals surface area contributed by atoms with Crippen LogP contribution in [0, 0.1) is 0 Å². The summed E-state index contributed by atoms with van der Waals surface area (Å²) < 4.78 is 12.2. The largest absolute Gasteiger partial charge is 0.463 e. The van der Waals surface area contributed by atoms with Gasteiger partial charge in [-0.1, -0.05) is 39.7 Å². The molecule has 0 radical (unpaired) electrons. The van der Waals surface area contributed by atoms with E-state index in [1.54, 1.807) is 38.1 Å². The van der Waals surface area contributed by atoms with Crippen molar-refractivity contribution in [2.45, 2.75) is 19.9 Å². The fourth-order valence-electron chi connectivity index (χ4n) is 3.53. The van der Waals surface area contributed by atoms with Crippen molar-refractivity contribution in [2.75, 3.05) is 6.61 Å². The standard InChI is InChI=1S/C23H19BrClN3O4/c1-3-31-22(29)20-12(2)26-23(30)28-21(20)13-5-4-6-15(9-13)32-18-11-19(25)27-17-8-7-14(24)10-16(17)18/h4-11,21H,3H2,1-2H3,(H2,26,28,30). The van der Waals surface area contributed by atoms with Crippen LogP contribution in [-0.4, -0.2) is 23.6 Å². The van der Waals surface area contributed by atoms with Crippen LogP contribution >= 0.6 is 27.5 Å². The van der Waals surface area contributed by atoms with E-state index in [4.69, 9.17) is 21.1 Å². The normalized spacial score (nSPS) is 15.9. The van der Waals surface area contributed by atoms with Gasteiger partial charge in [0.05, 0.1) is 23.7 Å². The van der Waals surface area contributed by atoms with E-state index in [1.165, 1.54) is 0 Å². The van der Waals surface area contributed by atoms with Gasteiger partial charge in [0.2, 0.25) is 0 Å². The molecule has 164 valence electrons. The lowest BCUT2D eigenvalue weighted by molar-refractivity contribution is -0.139. The van der Waals surface area contributed by atoms with E-state index in [-0.39, 0.29) is 6.61 Å². The van der Waals surface area contributed by atoms with E-state index in [0.717, 1.165) is 9.86 Å². The number of aromatic nitrogens is 1. The number of esters is 1. The fraction of sp³-hybridized carbons (Fsp3) is 0.174. The monoisotopic (exact) mass is 515 g/mol. The average molecular weight is 517 g/mol. The third kappa shape index (κ3) is 4.56. The highest BCUT2D eigenvalue weighted by molar-refractivity contribution is 9.10. The first-order valence-corrected chi connectivity index (χ1v) is 11.0. The fourth-order valence-corrected chi connectivity index (χ4v) is 4.08. The number of carbonyl (C=O) groups excluding carboxylic acids is 2. The van der Waals surface area contributed by atoms with Gasteiger partial charge in [-0.15, -0.1) is 0 Å². The summed E-state index contributed by atoms with van der Waals surface area (Å²) in [7, 11) is 0. The molecular formula is C23H19BrClN3O4. The van der Waals surface area contributed by atoms with E-state index < -0.39 is 18.0 Å². The van der Waals surface area contributed by atoms with E-state index in [0.29, 0.717) is 39.0 Å². The highest BCUT2D eigenvalue weighted by atomic mass is 79.9. The van der Waals surface area contributed by atoms with Crippen LogP contribution in [0.4, 0.5) is 4.79 Å². The minimum absolute atomic E-state index is 0.227. The van der Waals surface area contributed by atoms with Gasteiger partial charge in [0.15, 0.2) is 0 Å². The molecule has 1 aromatic heterocycles. The molecule has 1 atom stereocenters. The zero-order valence-corrected chi connectivity index (χ0v) is 19.6. The van der Waals surface area contributed by atoms with Crippen LogP contribution < -0.4 is 15.4 Å². The molecule has 1 unspecified atom stereocenters. The molecule has 2 N–H and O–H groups in total. The summed E-state index contributed by atoms with van der Waals surface area (Å²) in [4.78, 5) is 29.0. The molecule has 2 heterocycles. The number of urea groups is 1. The Morgan fingerprint density at radius 2 is 2.03 bits per heavy atom. The minimum Gasteiger partial charge on any atom is -0.463 e. The van der Waals surface area contributed by atoms with Gasteiger partial charge in [-0.05, 0) is 49.7 Å². The van der Waals surface area contributed by atoms with Crippen LogP contribution in [0.25, 0.3) is 10.9 Å². The van der Waals surface area contributed by atoms with Gasteiger partial charge in [-0.25, -0.2) is 14.6 Å². The van der Waals surface area contributed by atoms with Gasteiger partial charge in [-0.3, -0.25) is 0 Å². The number of halogens is 2. The molecule has 2 aromatic carbocycles. The number of rotatable bonds is 5. The van der Waals surface area contributed by atoms with Crippen LogP contribution in [0.3, 0.4) is 0 Å². The Morgan fingerprint density at radius 1 is 1.22 bits per heavy atom. The number of pyridine rings is 1. The summed E-state index contributed by atoms with van der Waals surface area (Å²) in [5.74, 6) is 0.551. The summed E-state index contributed by atoms with van der Waals surface area (Å²) in [5, 5.41) is 6.50. The molecule has 0 aliphatic carbocycles. The molecule has 1 aliphatic rings. The Morgan fingerprint density at radius 3 is 2.81 bits per heavy atom. The van der Waals surface area contributed by atoms with Crippen LogP contribution in [-0.2, 0) is 9.53 Å². The van der Waals surface area contributed by atoms with Crippen molar-refractivity contribution < 1.29 is 19.1 Å². The number of nitrogens with zero attached hydrogens (tertiary/aromatic N) is 1. The van der Waals surface area contributed by atoms with E-state index in [1.807, 2.05) is 24.3 Å². The Hall–Kier alpha value is -3.10. The van der Waals surface area contributed by atoms with Gasteiger partial charge in [0.1, 0.15) is 16.7 Å². The first-order chi connectivity index (χ1) is 15.4. The lowest BCUT2D eigenvalue weighted by Gasteiger charge is -2.28. The van der Waals surface area contributed by atoms with E-state index in [9.17, 15) is 9.59 Å². The average Bonchev–Trinajstić information content (AvgIpc) is 2.74. The SMILES string of the molecule is CCOC(=O)C1=C(C)NC(=O)NC1c1cccc(Oc2cc(Cl)nc3ccc(Br)cc23)c1. The second-order valence-corrected chi connectivity index (χ2v) is 8.37. The second-order valence-electron chi connectivity index (χ2n) is 7.07. The Bertz CT molecular complexity index is 1260. The first-order valence-electron chi connectivity index (χ1n) is 9.84. The minimum atomic E-state index is -0.682. The predicted molar refractivity (Wildman–Crippen MR) is 125 cm³/mol. The molecule has 32 heavy (non-hydrogen) atoms. The molecule has 4 rings (SSSR count). The van der Waals surface area contributed by atoms with Crippen LogP contribution in [0.1, 0.15) is 25.5 Å². The van der Waals surface area contributed by atoms with Gasteiger partial charge < -0.3 is 20.1 Å². The molecule has 9 heteroatoms. The molecule has 3 aromatic rings. The van der Waals surface area contributed by atoms with Crippen molar-refractivity contribution in [1.29, 1.82) is 0 Å². The number of allylic oxidation sites excluding steroid dienone is 1. The van der Waals surface area contributed by atoms with Crippen molar-refractivity contribution >= 4 is 50.4 Å². The Balaban J connectivity index is 1.72. The van der Waals surface area contributed by atoms with Crippen LogP contribution in [0.2, 0.25) is 5.15 Å². The topological polar surface area (TPSA) is 89.5 Å². The smallest absolute Gasteiger partial charge is 0.338 e. The molecule has 1 aliphatic heterocycles. The summed E-state index contributed by atoms with van der Waals surface area (Å²) in [6.45, 7) is 3.63. The maximum Gasteiger partial charge on any atom is 0.338 e. The van der Waals surface area contributed by atoms with Crippen molar-refractivity contribution in [3.8, 4) is 11.5 Å². The molecule has 0 bridgehead atoms. The third-order valence-corrected chi connectivity index (χ3v) is 5.57. The molecule has 7 nitrogen and oxygen atoms in total. The molecule has 0 saturated carbocycles.